The van der Waals surface area contributed by atoms with E-state index >= 15 is 0 Å². The van der Waals surface area contributed by atoms with Crippen LogP contribution in [0, 0.1) is 0 Å². The number of nitrogens with one attached hydrogen (secondary N) is 1. The SMILES string of the molecule is O=C(COc1ccc(NC(=O)c2ccc3c(c2)OCC(=O)N3Cc2ccccc2)cc1)c1ccccc1. The highest BCUT2D eigenvalue weighted by Crippen LogP contribution is 2.34. The Bertz CT molecular complexity index is 1420. The molecule has 1 aliphatic rings. The van der Waals surface area contributed by atoms with Crippen molar-refractivity contribution in [3.05, 3.63) is 120 Å². The highest BCUT2D eigenvalue weighted by Gasteiger charge is 2.26. The molecule has 37 heavy (non-hydrogen) atoms. The molecule has 184 valence electrons. The van der Waals surface area contributed by atoms with Crippen LogP contribution in [0.2, 0.25) is 0 Å². The lowest BCUT2D eigenvalue weighted by Crippen LogP contribution is -2.38. The van der Waals surface area contributed by atoms with E-state index in [2.05, 4.69) is 5.32 Å². The van der Waals surface area contributed by atoms with Gasteiger partial charge in [-0.15, -0.1) is 0 Å². The molecule has 0 bridgehead atoms. The highest BCUT2D eigenvalue weighted by atomic mass is 16.5. The molecule has 0 saturated heterocycles. The number of hydrogen-bond donors (Lipinski definition) is 1. The zero-order valence-electron chi connectivity index (χ0n) is 19.9. The van der Waals surface area contributed by atoms with Gasteiger partial charge in [0, 0.05) is 16.8 Å². The smallest absolute Gasteiger partial charge is 0.265 e. The van der Waals surface area contributed by atoms with Gasteiger partial charge in [0.1, 0.15) is 11.5 Å². The summed E-state index contributed by atoms with van der Waals surface area (Å²) in [6.45, 7) is 0.265. The van der Waals surface area contributed by atoms with Crippen molar-refractivity contribution in [3.8, 4) is 11.5 Å². The molecule has 5 rings (SSSR count). The van der Waals surface area contributed by atoms with Crippen LogP contribution in [-0.4, -0.2) is 30.8 Å². The summed E-state index contributed by atoms with van der Waals surface area (Å²) < 4.78 is 11.2. The van der Waals surface area contributed by atoms with E-state index in [-0.39, 0.29) is 30.8 Å². The van der Waals surface area contributed by atoms with E-state index in [0.717, 1.165) is 5.56 Å². The molecule has 7 heteroatoms. The number of ketones is 1. The first kappa shape index (κ1) is 23.8. The minimum atomic E-state index is -0.314. The van der Waals surface area contributed by atoms with Gasteiger partial charge in [-0.3, -0.25) is 14.4 Å². The molecule has 0 radical (unpaired) electrons. The molecule has 4 aromatic carbocycles. The lowest BCUT2D eigenvalue weighted by atomic mass is 10.1. The van der Waals surface area contributed by atoms with Crippen molar-refractivity contribution >= 4 is 29.0 Å². The Morgan fingerprint density at radius 2 is 1.54 bits per heavy atom. The molecular weight excluding hydrogens is 468 g/mol. The quantitative estimate of drug-likeness (QED) is 0.345. The first-order chi connectivity index (χ1) is 18.1. The number of nitrogens with zero attached hydrogens (tertiary/aromatic N) is 1. The number of carbonyl (C=O) groups excluding carboxylic acids is 3. The summed E-state index contributed by atoms with van der Waals surface area (Å²) in [5.74, 6) is 0.437. The molecule has 7 nitrogen and oxygen atoms in total. The topological polar surface area (TPSA) is 84.9 Å². The number of Topliss-reactive ketones (excluding diaryl/α,β-unsaturated/α-hetero) is 1. The third-order valence-electron chi connectivity index (χ3n) is 5.93. The first-order valence-electron chi connectivity index (χ1n) is 11.8. The van der Waals surface area contributed by atoms with E-state index in [1.165, 1.54) is 0 Å². The van der Waals surface area contributed by atoms with Crippen molar-refractivity contribution in [1.29, 1.82) is 0 Å². The van der Waals surface area contributed by atoms with Gasteiger partial charge in [-0.05, 0) is 48.0 Å². The lowest BCUT2D eigenvalue weighted by Gasteiger charge is -2.29. The molecule has 0 atom stereocenters. The van der Waals surface area contributed by atoms with Gasteiger partial charge in [-0.2, -0.15) is 0 Å². The number of anilines is 2. The maximum atomic E-state index is 12.9. The van der Waals surface area contributed by atoms with E-state index in [1.54, 1.807) is 71.6 Å². The van der Waals surface area contributed by atoms with Gasteiger partial charge in [0.25, 0.3) is 11.8 Å². The standard InChI is InChI=1S/C30H24N2O5/c33-27(22-9-5-2-6-10-22)19-36-25-14-12-24(13-15-25)31-30(35)23-11-16-26-28(17-23)37-20-29(34)32(26)18-21-7-3-1-4-8-21/h1-17H,18-20H2,(H,31,35). The molecule has 0 fully saturated rings. The molecule has 4 aromatic rings. The summed E-state index contributed by atoms with van der Waals surface area (Å²) in [7, 11) is 0. The lowest BCUT2D eigenvalue weighted by molar-refractivity contribution is -0.121. The second-order valence-corrected chi connectivity index (χ2v) is 8.49. The molecule has 1 heterocycles. The molecule has 1 N–H and O–H groups in total. The van der Waals surface area contributed by atoms with Crippen LogP contribution in [0.1, 0.15) is 26.3 Å². The van der Waals surface area contributed by atoms with E-state index in [4.69, 9.17) is 9.47 Å². The Balaban J connectivity index is 1.22. The van der Waals surface area contributed by atoms with Crippen LogP contribution in [-0.2, 0) is 11.3 Å². The van der Waals surface area contributed by atoms with Gasteiger partial charge >= 0.3 is 0 Å². The Hall–Kier alpha value is -4.91. The summed E-state index contributed by atoms with van der Waals surface area (Å²) in [5.41, 5.74) is 3.20. The average Bonchev–Trinajstić information content (AvgIpc) is 2.95. The monoisotopic (exact) mass is 492 g/mol. The zero-order valence-corrected chi connectivity index (χ0v) is 19.9. The molecule has 0 saturated carbocycles. The van der Waals surface area contributed by atoms with Crippen molar-refractivity contribution < 1.29 is 23.9 Å². The number of benzene rings is 4. The van der Waals surface area contributed by atoms with Crippen LogP contribution in [0.4, 0.5) is 11.4 Å². The Kier molecular flexibility index (Phi) is 6.94. The fourth-order valence-corrected chi connectivity index (χ4v) is 3.98. The first-order valence-corrected chi connectivity index (χ1v) is 11.8. The number of rotatable bonds is 8. The van der Waals surface area contributed by atoms with Gasteiger partial charge < -0.3 is 19.7 Å². The largest absolute Gasteiger partial charge is 0.485 e. The molecule has 2 amide bonds. The number of ether oxygens (including phenoxy) is 2. The number of amides is 2. The number of carbonyl (C=O) groups is 3. The second-order valence-electron chi connectivity index (χ2n) is 8.49. The maximum Gasteiger partial charge on any atom is 0.265 e. The summed E-state index contributed by atoms with van der Waals surface area (Å²) in [6.07, 6.45) is 0. The van der Waals surface area contributed by atoms with Gasteiger partial charge in [0.2, 0.25) is 0 Å². The van der Waals surface area contributed by atoms with Crippen LogP contribution in [0.15, 0.2) is 103 Å². The van der Waals surface area contributed by atoms with Crippen LogP contribution < -0.4 is 19.7 Å². The van der Waals surface area contributed by atoms with Crippen LogP contribution in [0.25, 0.3) is 0 Å². The molecule has 0 aliphatic carbocycles. The van der Waals surface area contributed by atoms with E-state index in [0.29, 0.717) is 40.5 Å². The second kappa shape index (κ2) is 10.8. The fraction of sp³-hybridized carbons (Fsp3) is 0.100. The summed E-state index contributed by atoms with van der Waals surface area (Å²) in [5, 5.41) is 2.85. The van der Waals surface area contributed by atoms with E-state index < -0.39 is 0 Å². The molecular formula is C30H24N2O5. The third-order valence-corrected chi connectivity index (χ3v) is 5.93. The highest BCUT2D eigenvalue weighted by molar-refractivity contribution is 6.06. The van der Waals surface area contributed by atoms with Crippen molar-refractivity contribution in [3.63, 3.8) is 0 Å². The predicted molar refractivity (Wildman–Crippen MR) is 140 cm³/mol. The normalized spacial score (nSPS) is 12.3. The Morgan fingerprint density at radius 3 is 2.27 bits per heavy atom. The molecule has 0 unspecified atom stereocenters. The zero-order chi connectivity index (χ0) is 25.6. The minimum Gasteiger partial charge on any atom is -0.485 e. The summed E-state index contributed by atoms with van der Waals surface area (Å²) in [6, 6.07) is 30.5. The van der Waals surface area contributed by atoms with Gasteiger partial charge in [0.05, 0.1) is 12.2 Å². The molecule has 1 aliphatic heterocycles. The fourth-order valence-electron chi connectivity index (χ4n) is 3.98. The van der Waals surface area contributed by atoms with Gasteiger partial charge in [0.15, 0.2) is 19.0 Å². The van der Waals surface area contributed by atoms with Crippen LogP contribution in [0.5, 0.6) is 11.5 Å². The van der Waals surface area contributed by atoms with Crippen molar-refractivity contribution in [2.24, 2.45) is 0 Å². The predicted octanol–water partition coefficient (Wildman–Crippen LogP) is 5.13. The maximum absolute atomic E-state index is 12.9. The van der Waals surface area contributed by atoms with Gasteiger partial charge in [-0.25, -0.2) is 0 Å². The Morgan fingerprint density at radius 1 is 0.838 bits per heavy atom. The number of fused-ring (bicyclic) bond motifs is 1. The van der Waals surface area contributed by atoms with Crippen molar-refractivity contribution in [2.45, 2.75) is 6.54 Å². The van der Waals surface area contributed by atoms with Crippen LogP contribution >= 0.6 is 0 Å². The Labute approximate surface area is 214 Å². The summed E-state index contributed by atoms with van der Waals surface area (Å²) >= 11 is 0. The van der Waals surface area contributed by atoms with Gasteiger partial charge in [-0.1, -0.05) is 60.7 Å². The third kappa shape index (κ3) is 5.67. The van der Waals surface area contributed by atoms with E-state index in [1.807, 2.05) is 36.4 Å². The molecule has 0 aromatic heterocycles. The van der Waals surface area contributed by atoms with Crippen molar-refractivity contribution in [2.75, 3.05) is 23.4 Å². The van der Waals surface area contributed by atoms with E-state index in [9.17, 15) is 14.4 Å². The minimum absolute atomic E-state index is 0.0748. The average molecular weight is 493 g/mol. The molecule has 0 spiro atoms. The van der Waals surface area contributed by atoms with Crippen molar-refractivity contribution in [1.82, 2.24) is 0 Å². The number of hydrogen-bond acceptors (Lipinski definition) is 5. The summed E-state index contributed by atoms with van der Waals surface area (Å²) in [4.78, 5) is 39.2. The van der Waals surface area contributed by atoms with Crippen LogP contribution in [0.3, 0.4) is 0 Å².